The minimum Gasteiger partial charge on any atom is -0.464 e. The molecule has 1 aliphatic heterocycles. The van der Waals surface area contributed by atoms with Gasteiger partial charge < -0.3 is 20.1 Å². The summed E-state index contributed by atoms with van der Waals surface area (Å²) in [5, 5.41) is 5.31. The molecule has 0 radical (unpaired) electrons. The highest BCUT2D eigenvalue weighted by atomic mass is 16.6. The second-order valence-electron chi connectivity index (χ2n) is 5.51. The molecule has 134 valence electrons. The Kier molecular flexibility index (Phi) is 6.71. The van der Waals surface area contributed by atoms with Gasteiger partial charge in [-0.05, 0) is 12.5 Å². The van der Waals surface area contributed by atoms with Crippen molar-refractivity contribution >= 4 is 17.8 Å². The fourth-order valence-electron chi connectivity index (χ4n) is 2.32. The van der Waals surface area contributed by atoms with E-state index in [1.807, 2.05) is 30.3 Å². The summed E-state index contributed by atoms with van der Waals surface area (Å²) in [6.07, 6.45) is 0.0741. The first-order chi connectivity index (χ1) is 12.1. The molecule has 2 rings (SSSR count). The summed E-state index contributed by atoms with van der Waals surface area (Å²) in [6, 6.07) is 8.55. The van der Waals surface area contributed by atoms with Crippen molar-refractivity contribution in [3.63, 3.8) is 0 Å². The van der Waals surface area contributed by atoms with E-state index in [9.17, 15) is 14.4 Å². The molecule has 7 nitrogen and oxygen atoms in total. The van der Waals surface area contributed by atoms with E-state index in [1.165, 1.54) is 0 Å². The molecule has 1 aliphatic rings. The largest absolute Gasteiger partial charge is 0.464 e. The van der Waals surface area contributed by atoms with E-state index in [-0.39, 0.29) is 12.5 Å². The average molecular weight is 346 g/mol. The minimum atomic E-state index is -0.912. The molecular weight excluding hydrogens is 324 g/mol. The maximum atomic E-state index is 12.3. The van der Waals surface area contributed by atoms with Gasteiger partial charge in [0.25, 0.3) is 5.91 Å². The average Bonchev–Trinajstić information content (AvgIpc) is 3.41. The van der Waals surface area contributed by atoms with Gasteiger partial charge >= 0.3 is 5.97 Å². The summed E-state index contributed by atoms with van der Waals surface area (Å²) < 4.78 is 9.88. The smallest absolute Gasteiger partial charge is 0.338 e. The number of hydrogen-bond donors (Lipinski definition) is 2. The van der Waals surface area contributed by atoms with E-state index < -0.39 is 30.1 Å². The van der Waals surface area contributed by atoms with E-state index in [4.69, 9.17) is 9.47 Å². The predicted molar refractivity (Wildman–Crippen MR) is 90.6 cm³/mol. The third-order valence-corrected chi connectivity index (χ3v) is 3.61. The van der Waals surface area contributed by atoms with Crippen LogP contribution in [-0.4, -0.2) is 49.2 Å². The maximum Gasteiger partial charge on any atom is 0.338 e. The zero-order chi connectivity index (χ0) is 18.2. The zero-order valence-corrected chi connectivity index (χ0v) is 14.1. The molecule has 7 heteroatoms. The first-order valence-corrected chi connectivity index (χ1v) is 8.11. The van der Waals surface area contributed by atoms with Crippen molar-refractivity contribution < 1.29 is 23.9 Å². The highest BCUT2D eigenvalue weighted by molar-refractivity contribution is 5.95. The predicted octanol–water partition coefficient (Wildman–Crippen LogP) is 0.347. The van der Waals surface area contributed by atoms with Gasteiger partial charge in [-0.3, -0.25) is 9.59 Å². The van der Waals surface area contributed by atoms with Crippen LogP contribution in [0.3, 0.4) is 0 Å². The lowest BCUT2D eigenvalue weighted by Gasteiger charge is -2.17. The van der Waals surface area contributed by atoms with E-state index in [0.29, 0.717) is 13.0 Å². The Hall–Kier alpha value is -2.67. The molecule has 0 spiro atoms. The number of nitrogens with one attached hydrogen (secondary N) is 2. The van der Waals surface area contributed by atoms with Crippen LogP contribution in [0, 0.1) is 0 Å². The Morgan fingerprint density at radius 2 is 2.00 bits per heavy atom. The Balaban J connectivity index is 1.98. The lowest BCUT2D eigenvalue weighted by atomic mass is 10.0. The van der Waals surface area contributed by atoms with Crippen LogP contribution in [0.15, 0.2) is 43.0 Å². The quantitative estimate of drug-likeness (QED) is 0.382. The summed E-state index contributed by atoms with van der Waals surface area (Å²) in [7, 11) is 0. The van der Waals surface area contributed by atoms with Gasteiger partial charge in [0.05, 0.1) is 6.61 Å². The molecule has 25 heavy (non-hydrogen) atoms. The Labute approximate surface area is 146 Å². The first kappa shape index (κ1) is 18.7. The number of carbonyl (C=O) groups excluding carboxylic acids is 3. The molecule has 0 aliphatic carbocycles. The lowest BCUT2D eigenvalue weighted by molar-refractivity contribution is -0.144. The van der Waals surface area contributed by atoms with Crippen molar-refractivity contribution in [2.24, 2.45) is 0 Å². The molecule has 1 fully saturated rings. The van der Waals surface area contributed by atoms with Gasteiger partial charge in [0.1, 0.15) is 6.04 Å². The summed E-state index contributed by atoms with van der Waals surface area (Å²) in [6.45, 7) is 5.74. The van der Waals surface area contributed by atoms with Crippen molar-refractivity contribution in [3.05, 3.63) is 48.6 Å². The highest BCUT2D eigenvalue weighted by Gasteiger charge is 2.52. The van der Waals surface area contributed by atoms with E-state index >= 15 is 0 Å². The van der Waals surface area contributed by atoms with Crippen LogP contribution < -0.4 is 10.6 Å². The third-order valence-electron chi connectivity index (χ3n) is 3.61. The van der Waals surface area contributed by atoms with E-state index in [1.54, 1.807) is 13.0 Å². The third kappa shape index (κ3) is 5.42. The molecule has 0 bridgehead atoms. The number of hydrogen-bond acceptors (Lipinski definition) is 5. The molecule has 3 atom stereocenters. The lowest BCUT2D eigenvalue weighted by Crippen LogP contribution is -2.49. The zero-order valence-electron chi connectivity index (χ0n) is 14.1. The van der Waals surface area contributed by atoms with Crippen molar-refractivity contribution in [1.29, 1.82) is 0 Å². The van der Waals surface area contributed by atoms with Crippen molar-refractivity contribution in [2.75, 3.05) is 13.2 Å². The molecule has 1 saturated heterocycles. The SMILES string of the molecule is C=CCNC(=O)[C@H](Cc1ccccc1)NC(=O)[C@H]1O[C@@H]1C(=O)OCC. The molecule has 2 amide bonds. The number of carbonyl (C=O) groups is 3. The van der Waals surface area contributed by atoms with E-state index in [2.05, 4.69) is 17.2 Å². The topological polar surface area (TPSA) is 97.0 Å². The Morgan fingerprint density at radius 3 is 2.64 bits per heavy atom. The maximum absolute atomic E-state index is 12.3. The van der Waals surface area contributed by atoms with Gasteiger partial charge in [0.15, 0.2) is 12.2 Å². The van der Waals surface area contributed by atoms with Crippen LogP contribution in [0.5, 0.6) is 0 Å². The fraction of sp³-hybridized carbons (Fsp3) is 0.389. The number of benzene rings is 1. The van der Waals surface area contributed by atoms with E-state index in [0.717, 1.165) is 5.56 Å². The molecule has 0 unspecified atom stereocenters. The number of ether oxygens (including phenoxy) is 2. The molecule has 2 N–H and O–H groups in total. The molecule has 0 aromatic heterocycles. The van der Waals surface area contributed by atoms with Crippen LogP contribution in [-0.2, 0) is 30.3 Å². The number of epoxide rings is 1. The van der Waals surface area contributed by atoms with Crippen LogP contribution in [0.2, 0.25) is 0 Å². The Bertz CT molecular complexity index is 632. The van der Waals surface area contributed by atoms with Crippen molar-refractivity contribution in [1.82, 2.24) is 10.6 Å². The van der Waals surface area contributed by atoms with Gasteiger partial charge in [-0.2, -0.15) is 0 Å². The summed E-state index contributed by atoms with van der Waals surface area (Å²) in [5.74, 6) is -1.41. The fourth-order valence-corrected chi connectivity index (χ4v) is 2.32. The monoisotopic (exact) mass is 346 g/mol. The van der Waals surface area contributed by atoms with Gasteiger partial charge in [0, 0.05) is 13.0 Å². The molecule has 1 heterocycles. The van der Waals surface area contributed by atoms with Gasteiger partial charge in [-0.25, -0.2) is 4.79 Å². The molecule has 1 aromatic rings. The van der Waals surface area contributed by atoms with Gasteiger partial charge in [-0.1, -0.05) is 36.4 Å². The summed E-state index contributed by atoms with van der Waals surface area (Å²) >= 11 is 0. The van der Waals surface area contributed by atoms with Crippen LogP contribution in [0.25, 0.3) is 0 Å². The molecule has 0 saturated carbocycles. The second-order valence-corrected chi connectivity index (χ2v) is 5.51. The van der Waals surface area contributed by atoms with Gasteiger partial charge in [0.2, 0.25) is 5.91 Å². The summed E-state index contributed by atoms with van der Waals surface area (Å²) in [4.78, 5) is 36.1. The van der Waals surface area contributed by atoms with Gasteiger partial charge in [-0.15, -0.1) is 6.58 Å². The standard InChI is InChI=1S/C18H22N2O5/c1-3-10-19-16(21)13(11-12-8-6-5-7-9-12)20-17(22)14-15(25-14)18(23)24-4-2/h3,5-9,13-15H,1,4,10-11H2,2H3,(H,19,21)(H,20,22)/t13-,14-,15-/m0/s1. The van der Waals surface area contributed by atoms with Crippen LogP contribution in [0.4, 0.5) is 0 Å². The number of esters is 1. The highest BCUT2D eigenvalue weighted by Crippen LogP contribution is 2.23. The van der Waals surface area contributed by atoms with Crippen molar-refractivity contribution in [3.8, 4) is 0 Å². The summed E-state index contributed by atoms with van der Waals surface area (Å²) in [5.41, 5.74) is 0.903. The first-order valence-electron chi connectivity index (χ1n) is 8.11. The van der Waals surface area contributed by atoms with Crippen molar-refractivity contribution in [2.45, 2.75) is 31.6 Å². The normalized spacial score (nSPS) is 19.4. The molecule has 1 aromatic carbocycles. The number of amides is 2. The Morgan fingerprint density at radius 1 is 1.28 bits per heavy atom. The molecular formula is C18H22N2O5. The number of rotatable bonds is 9. The van der Waals surface area contributed by atoms with Crippen LogP contribution in [0.1, 0.15) is 12.5 Å². The minimum absolute atomic E-state index is 0.216. The van der Waals surface area contributed by atoms with Crippen LogP contribution >= 0.6 is 0 Å². The second kappa shape index (κ2) is 8.98.